The van der Waals surface area contributed by atoms with Crippen molar-refractivity contribution in [3.63, 3.8) is 0 Å². The highest BCUT2D eigenvalue weighted by atomic mass is 16.3. The second-order valence-corrected chi connectivity index (χ2v) is 4.59. The van der Waals surface area contributed by atoms with Crippen molar-refractivity contribution in [3.8, 4) is 0 Å². The molecular formula is C12H25NO. The van der Waals surface area contributed by atoms with Crippen LogP contribution in [-0.4, -0.2) is 35.2 Å². The number of hydrogen-bond acceptors (Lipinski definition) is 2. The van der Waals surface area contributed by atoms with E-state index in [0.717, 1.165) is 12.5 Å². The van der Waals surface area contributed by atoms with Gasteiger partial charge in [0.15, 0.2) is 0 Å². The van der Waals surface area contributed by atoms with Crippen LogP contribution in [0.15, 0.2) is 0 Å². The molecule has 2 unspecified atom stereocenters. The third kappa shape index (κ3) is 3.97. The Labute approximate surface area is 88.3 Å². The smallest absolute Gasteiger partial charge is 0.0512 e. The van der Waals surface area contributed by atoms with Crippen molar-refractivity contribution in [3.05, 3.63) is 0 Å². The van der Waals surface area contributed by atoms with Gasteiger partial charge in [-0.25, -0.2) is 0 Å². The maximum atomic E-state index is 9.13. The monoisotopic (exact) mass is 199 g/mol. The van der Waals surface area contributed by atoms with E-state index in [9.17, 15) is 0 Å². The zero-order valence-electron chi connectivity index (χ0n) is 9.71. The molecule has 2 heteroatoms. The summed E-state index contributed by atoms with van der Waals surface area (Å²) in [7, 11) is 0. The zero-order chi connectivity index (χ0) is 10.4. The number of rotatable bonds is 6. The SMILES string of the molecule is CCC1CCCN1CCCCC(C)O. The van der Waals surface area contributed by atoms with Gasteiger partial charge in [0.05, 0.1) is 6.10 Å². The van der Waals surface area contributed by atoms with E-state index >= 15 is 0 Å². The molecule has 0 aromatic rings. The molecule has 1 fully saturated rings. The molecule has 2 nitrogen and oxygen atoms in total. The van der Waals surface area contributed by atoms with Gasteiger partial charge in [-0.1, -0.05) is 6.92 Å². The van der Waals surface area contributed by atoms with Crippen LogP contribution in [-0.2, 0) is 0 Å². The average molecular weight is 199 g/mol. The van der Waals surface area contributed by atoms with Crippen LogP contribution in [0.2, 0.25) is 0 Å². The first-order chi connectivity index (χ1) is 6.74. The van der Waals surface area contributed by atoms with E-state index in [1.807, 2.05) is 6.92 Å². The lowest BCUT2D eigenvalue weighted by Gasteiger charge is -2.23. The summed E-state index contributed by atoms with van der Waals surface area (Å²) < 4.78 is 0. The maximum absolute atomic E-state index is 9.13. The minimum Gasteiger partial charge on any atom is -0.393 e. The Hall–Kier alpha value is -0.0800. The molecule has 0 bridgehead atoms. The topological polar surface area (TPSA) is 23.5 Å². The summed E-state index contributed by atoms with van der Waals surface area (Å²) in [6, 6.07) is 0.849. The first-order valence-corrected chi connectivity index (χ1v) is 6.16. The number of nitrogens with zero attached hydrogens (tertiary/aromatic N) is 1. The largest absolute Gasteiger partial charge is 0.393 e. The molecular weight excluding hydrogens is 174 g/mol. The van der Waals surface area contributed by atoms with Gasteiger partial charge < -0.3 is 10.0 Å². The van der Waals surface area contributed by atoms with Crippen molar-refractivity contribution in [2.75, 3.05) is 13.1 Å². The predicted molar refractivity (Wildman–Crippen MR) is 60.4 cm³/mol. The van der Waals surface area contributed by atoms with Gasteiger partial charge in [-0.2, -0.15) is 0 Å². The van der Waals surface area contributed by atoms with Gasteiger partial charge in [0.25, 0.3) is 0 Å². The minimum atomic E-state index is -0.115. The summed E-state index contributed by atoms with van der Waals surface area (Å²) >= 11 is 0. The molecule has 0 radical (unpaired) electrons. The lowest BCUT2D eigenvalue weighted by atomic mass is 10.1. The van der Waals surface area contributed by atoms with Crippen LogP contribution in [0, 0.1) is 0 Å². The van der Waals surface area contributed by atoms with Gasteiger partial charge in [0.1, 0.15) is 0 Å². The fourth-order valence-corrected chi connectivity index (χ4v) is 2.41. The molecule has 0 aliphatic carbocycles. The highest BCUT2D eigenvalue weighted by Crippen LogP contribution is 2.20. The molecule has 14 heavy (non-hydrogen) atoms. The van der Waals surface area contributed by atoms with Crippen molar-refractivity contribution in [1.29, 1.82) is 0 Å². The number of unbranched alkanes of at least 4 members (excludes halogenated alkanes) is 1. The average Bonchev–Trinajstić information content (AvgIpc) is 2.59. The fourth-order valence-electron chi connectivity index (χ4n) is 2.41. The molecule has 0 spiro atoms. The molecule has 0 aromatic heterocycles. The molecule has 84 valence electrons. The van der Waals surface area contributed by atoms with Crippen molar-refractivity contribution < 1.29 is 5.11 Å². The van der Waals surface area contributed by atoms with Crippen molar-refractivity contribution in [1.82, 2.24) is 4.90 Å². The van der Waals surface area contributed by atoms with Gasteiger partial charge in [-0.05, 0) is 58.5 Å². The summed E-state index contributed by atoms with van der Waals surface area (Å²) in [6.07, 6.45) is 7.35. The van der Waals surface area contributed by atoms with Crippen LogP contribution in [0.3, 0.4) is 0 Å². The third-order valence-electron chi connectivity index (χ3n) is 3.29. The second kappa shape index (κ2) is 6.41. The van der Waals surface area contributed by atoms with E-state index in [2.05, 4.69) is 11.8 Å². The van der Waals surface area contributed by atoms with Crippen molar-refractivity contribution in [2.45, 2.75) is 64.5 Å². The quantitative estimate of drug-likeness (QED) is 0.664. The Morgan fingerprint density at radius 3 is 2.86 bits per heavy atom. The molecule has 2 atom stereocenters. The normalized spacial score (nSPS) is 25.5. The van der Waals surface area contributed by atoms with Crippen LogP contribution in [0.25, 0.3) is 0 Å². The Morgan fingerprint density at radius 1 is 1.43 bits per heavy atom. The highest BCUT2D eigenvalue weighted by molar-refractivity contribution is 4.77. The predicted octanol–water partition coefficient (Wildman–Crippen LogP) is 2.41. The number of aliphatic hydroxyl groups is 1. The van der Waals surface area contributed by atoms with Gasteiger partial charge in [-0.3, -0.25) is 0 Å². The number of aliphatic hydroxyl groups excluding tert-OH is 1. The van der Waals surface area contributed by atoms with Gasteiger partial charge in [0.2, 0.25) is 0 Å². The summed E-state index contributed by atoms with van der Waals surface area (Å²) in [6.45, 7) is 6.71. The molecule has 1 heterocycles. The fraction of sp³-hybridized carbons (Fsp3) is 1.00. The molecule has 1 aliphatic rings. The van der Waals surface area contributed by atoms with Gasteiger partial charge in [-0.15, -0.1) is 0 Å². The Balaban J connectivity index is 2.05. The summed E-state index contributed by atoms with van der Waals surface area (Å²) in [4.78, 5) is 2.63. The zero-order valence-corrected chi connectivity index (χ0v) is 9.71. The highest BCUT2D eigenvalue weighted by Gasteiger charge is 2.21. The van der Waals surface area contributed by atoms with Crippen LogP contribution in [0.4, 0.5) is 0 Å². The van der Waals surface area contributed by atoms with Crippen LogP contribution < -0.4 is 0 Å². The van der Waals surface area contributed by atoms with Crippen LogP contribution in [0.5, 0.6) is 0 Å². The third-order valence-corrected chi connectivity index (χ3v) is 3.29. The van der Waals surface area contributed by atoms with Crippen LogP contribution >= 0.6 is 0 Å². The van der Waals surface area contributed by atoms with E-state index in [1.165, 1.54) is 45.2 Å². The first-order valence-electron chi connectivity index (χ1n) is 6.16. The molecule has 1 rings (SSSR count). The lowest BCUT2D eigenvalue weighted by molar-refractivity contribution is 0.175. The molecule has 1 N–H and O–H groups in total. The summed E-state index contributed by atoms with van der Waals surface area (Å²) in [5.74, 6) is 0. The number of hydrogen-bond donors (Lipinski definition) is 1. The Bertz CT molecular complexity index is 147. The Morgan fingerprint density at radius 2 is 2.21 bits per heavy atom. The van der Waals surface area contributed by atoms with Gasteiger partial charge in [0, 0.05) is 6.04 Å². The molecule has 0 saturated carbocycles. The second-order valence-electron chi connectivity index (χ2n) is 4.59. The first kappa shape index (κ1) is 12.0. The van der Waals surface area contributed by atoms with E-state index in [-0.39, 0.29) is 6.10 Å². The van der Waals surface area contributed by atoms with Crippen molar-refractivity contribution >= 4 is 0 Å². The summed E-state index contributed by atoms with van der Waals surface area (Å²) in [5.41, 5.74) is 0. The standard InChI is InChI=1S/C12H25NO/c1-3-12-8-6-10-13(12)9-5-4-7-11(2)14/h11-12,14H,3-10H2,1-2H3. The molecule has 1 saturated heterocycles. The molecule has 1 aliphatic heterocycles. The Kier molecular flexibility index (Phi) is 5.49. The van der Waals surface area contributed by atoms with Gasteiger partial charge >= 0.3 is 0 Å². The maximum Gasteiger partial charge on any atom is 0.0512 e. The molecule has 0 amide bonds. The lowest BCUT2D eigenvalue weighted by Crippen LogP contribution is -2.29. The summed E-state index contributed by atoms with van der Waals surface area (Å²) in [5, 5.41) is 9.13. The van der Waals surface area contributed by atoms with E-state index in [0.29, 0.717) is 0 Å². The van der Waals surface area contributed by atoms with E-state index in [4.69, 9.17) is 5.11 Å². The van der Waals surface area contributed by atoms with Crippen molar-refractivity contribution in [2.24, 2.45) is 0 Å². The molecule has 0 aromatic carbocycles. The number of likely N-dealkylation sites (tertiary alicyclic amines) is 1. The van der Waals surface area contributed by atoms with E-state index < -0.39 is 0 Å². The van der Waals surface area contributed by atoms with E-state index in [1.54, 1.807) is 0 Å². The minimum absolute atomic E-state index is 0.115. The van der Waals surface area contributed by atoms with Crippen LogP contribution in [0.1, 0.15) is 52.4 Å².